The molecule has 0 fully saturated rings. The van der Waals surface area contributed by atoms with Crippen molar-refractivity contribution in [3.63, 3.8) is 0 Å². The third kappa shape index (κ3) is 4.05. The quantitative estimate of drug-likeness (QED) is 0.760. The summed E-state index contributed by atoms with van der Waals surface area (Å²) in [7, 11) is 1.72. The minimum Gasteiger partial charge on any atom is -0.451 e. The second kappa shape index (κ2) is 7.49. The van der Waals surface area contributed by atoms with E-state index in [4.69, 9.17) is 4.74 Å². The van der Waals surface area contributed by atoms with Gasteiger partial charge in [0, 0.05) is 18.5 Å². The van der Waals surface area contributed by atoms with Gasteiger partial charge < -0.3 is 9.64 Å². The van der Waals surface area contributed by atoms with E-state index in [0.717, 1.165) is 18.4 Å². The first-order valence-corrected chi connectivity index (χ1v) is 9.82. The van der Waals surface area contributed by atoms with Crippen LogP contribution in [0, 0.1) is 5.92 Å². The zero-order chi connectivity index (χ0) is 17.1. The first kappa shape index (κ1) is 17.2. The fraction of sp³-hybridized carbons (Fsp3) is 0.444. The van der Waals surface area contributed by atoms with Gasteiger partial charge in [0.25, 0.3) is 5.91 Å². The number of rotatable bonds is 5. The molecule has 1 amide bonds. The van der Waals surface area contributed by atoms with E-state index in [2.05, 4.69) is 6.92 Å². The maximum atomic E-state index is 12.2. The van der Waals surface area contributed by atoms with Crippen molar-refractivity contribution in [1.82, 2.24) is 4.90 Å². The summed E-state index contributed by atoms with van der Waals surface area (Å²) < 4.78 is 5.22. The summed E-state index contributed by atoms with van der Waals surface area (Å²) in [5, 5.41) is 3.99. The average molecular weight is 364 g/mol. The van der Waals surface area contributed by atoms with Gasteiger partial charge in [-0.2, -0.15) is 11.3 Å². The van der Waals surface area contributed by atoms with Gasteiger partial charge in [-0.3, -0.25) is 4.79 Å². The van der Waals surface area contributed by atoms with E-state index in [0.29, 0.717) is 17.3 Å². The average Bonchev–Trinajstić information content (AvgIpc) is 3.20. The van der Waals surface area contributed by atoms with Crippen LogP contribution in [0.5, 0.6) is 0 Å². The fourth-order valence-corrected chi connectivity index (χ4v) is 4.62. The molecule has 6 heteroatoms. The van der Waals surface area contributed by atoms with Gasteiger partial charge in [0.15, 0.2) is 6.61 Å². The smallest absolute Gasteiger partial charge is 0.348 e. The van der Waals surface area contributed by atoms with E-state index in [1.807, 2.05) is 22.9 Å². The molecule has 2 heterocycles. The van der Waals surface area contributed by atoms with Gasteiger partial charge >= 0.3 is 5.97 Å². The van der Waals surface area contributed by atoms with Gasteiger partial charge in [-0.25, -0.2) is 4.79 Å². The van der Waals surface area contributed by atoms with Crippen molar-refractivity contribution in [2.75, 3.05) is 13.7 Å². The number of esters is 1. The molecule has 1 atom stereocenters. The number of carbonyl (C=O) groups is 2. The molecular formula is C18H21NO3S2. The monoisotopic (exact) mass is 363 g/mol. The number of hydrogen-bond donors (Lipinski definition) is 0. The Morgan fingerprint density at radius 2 is 2.25 bits per heavy atom. The maximum absolute atomic E-state index is 12.2. The van der Waals surface area contributed by atoms with Gasteiger partial charge in [0.1, 0.15) is 4.88 Å². The fourth-order valence-electron chi connectivity index (χ4n) is 2.86. The lowest BCUT2D eigenvalue weighted by atomic mass is 9.90. The number of nitrogens with zero attached hydrogens (tertiary/aromatic N) is 1. The third-order valence-electron chi connectivity index (χ3n) is 4.28. The van der Waals surface area contributed by atoms with Crippen LogP contribution in [0.15, 0.2) is 22.9 Å². The molecule has 0 saturated heterocycles. The SMILES string of the molecule is C[C@H]1CCc2sc(C(=O)OCC(=O)N(C)Cc3ccsc3)cc2C1. The van der Waals surface area contributed by atoms with Gasteiger partial charge in [0.2, 0.25) is 0 Å². The van der Waals surface area contributed by atoms with Crippen molar-refractivity contribution in [2.45, 2.75) is 32.7 Å². The number of ether oxygens (including phenoxy) is 1. The van der Waals surface area contributed by atoms with Crippen molar-refractivity contribution >= 4 is 34.6 Å². The van der Waals surface area contributed by atoms with Crippen LogP contribution in [0.3, 0.4) is 0 Å². The van der Waals surface area contributed by atoms with E-state index in [9.17, 15) is 9.59 Å². The van der Waals surface area contributed by atoms with Crippen molar-refractivity contribution in [3.05, 3.63) is 43.8 Å². The zero-order valence-corrected chi connectivity index (χ0v) is 15.5. The lowest BCUT2D eigenvalue weighted by molar-refractivity contribution is -0.133. The molecule has 128 valence electrons. The summed E-state index contributed by atoms with van der Waals surface area (Å²) in [6.45, 7) is 2.56. The molecule has 0 N–H and O–H groups in total. The predicted octanol–water partition coefficient (Wildman–Crippen LogP) is 3.75. The van der Waals surface area contributed by atoms with E-state index >= 15 is 0 Å². The minimum absolute atomic E-state index is 0.190. The van der Waals surface area contributed by atoms with Crippen molar-refractivity contribution in [3.8, 4) is 0 Å². The lowest BCUT2D eigenvalue weighted by Gasteiger charge is -2.16. The zero-order valence-electron chi connectivity index (χ0n) is 13.9. The molecule has 0 saturated carbocycles. The summed E-state index contributed by atoms with van der Waals surface area (Å²) in [5.74, 6) is 0.0899. The predicted molar refractivity (Wildman–Crippen MR) is 96.6 cm³/mol. The summed E-state index contributed by atoms with van der Waals surface area (Å²) in [4.78, 5) is 27.8. The molecule has 0 aliphatic heterocycles. The number of carbonyl (C=O) groups excluding carboxylic acids is 2. The summed E-state index contributed by atoms with van der Waals surface area (Å²) >= 11 is 3.11. The number of fused-ring (bicyclic) bond motifs is 1. The van der Waals surface area contributed by atoms with Crippen LogP contribution in [0.1, 0.15) is 39.0 Å². The maximum Gasteiger partial charge on any atom is 0.348 e. The Hall–Kier alpha value is -1.66. The summed E-state index contributed by atoms with van der Waals surface area (Å²) in [6.07, 6.45) is 3.24. The largest absolute Gasteiger partial charge is 0.451 e. The van der Waals surface area contributed by atoms with Crippen LogP contribution >= 0.6 is 22.7 Å². The van der Waals surface area contributed by atoms with Crippen LogP contribution in [-0.4, -0.2) is 30.4 Å². The van der Waals surface area contributed by atoms with E-state index in [1.165, 1.54) is 28.2 Å². The highest BCUT2D eigenvalue weighted by atomic mass is 32.1. The first-order chi connectivity index (χ1) is 11.5. The molecule has 1 aliphatic carbocycles. The number of thiophene rings is 2. The Kier molecular flexibility index (Phi) is 5.36. The molecule has 4 nitrogen and oxygen atoms in total. The Balaban J connectivity index is 1.52. The highest BCUT2D eigenvalue weighted by Crippen LogP contribution is 2.32. The van der Waals surface area contributed by atoms with Crippen LogP contribution in [0.4, 0.5) is 0 Å². The molecule has 2 aromatic heterocycles. The molecule has 0 bridgehead atoms. The highest BCUT2D eigenvalue weighted by molar-refractivity contribution is 7.14. The van der Waals surface area contributed by atoms with Gasteiger partial charge in [-0.05, 0) is 59.2 Å². The minimum atomic E-state index is -0.390. The topological polar surface area (TPSA) is 46.6 Å². The second-order valence-corrected chi connectivity index (χ2v) is 8.28. The van der Waals surface area contributed by atoms with Gasteiger partial charge in [-0.1, -0.05) is 6.92 Å². The molecule has 1 aliphatic rings. The normalized spacial score (nSPS) is 16.5. The van der Waals surface area contributed by atoms with Crippen LogP contribution in [-0.2, 0) is 28.9 Å². The Bertz CT molecular complexity index is 721. The molecule has 0 radical (unpaired) electrons. The Morgan fingerprint density at radius 3 is 3.00 bits per heavy atom. The number of hydrogen-bond acceptors (Lipinski definition) is 5. The highest BCUT2D eigenvalue weighted by Gasteiger charge is 2.22. The van der Waals surface area contributed by atoms with E-state index < -0.39 is 0 Å². The van der Waals surface area contributed by atoms with Gasteiger partial charge in [-0.15, -0.1) is 11.3 Å². The molecular weight excluding hydrogens is 342 g/mol. The van der Waals surface area contributed by atoms with Crippen molar-refractivity contribution in [2.24, 2.45) is 5.92 Å². The second-order valence-electron chi connectivity index (χ2n) is 6.36. The van der Waals surface area contributed by atoms with E-state index in [-0.39, 0.29) is 18.5 Å². The molecule has 0 unspecified atom stereocenters. The molecule has 0 spiro atoms. The van der Waals surface area contributed by atoms with Crippen LogP contribution in [0.2, 0.25) is 0 Å². The number of likely N-dealkylation sites (N-methyl/N-ethyl adjacent to an activating group) is 1. The number of aryl methyl sites for hydroxylation is 1. The Labute approximate surface area is 150 Å². The van der Waals surface area contributed by atoms with Crippen molar-refractivity contribution in [1.29, 1.82) is 0 Å². The third-order valence-corrected chi connectivity index (χ3v) is 6.23. The molecule has 0 aromatic carbocycles. The standard InChI is InChI=1S/C18H21NO3S2/c1-12-3-4-15-14(7-12)8-16(24-15)18(21)22-10-17(20)19(2)9-13-5-6-23-11-13/h5-6,8,11-12H,3-4,7,9-10H2,1-2H3/t12-/m0/s1. The first-order valence-electron chi connectivity index (χ1n) is 8.06. The molecule has 3 rings (SSSR count). The number of amides is 1. The molecule has 24 heavy (non-hydrogen) atoms. The summed E-state index contributed by atoms with van der Waals surface area (Å²) in [5.41, 5.74) is 2.36. The molecule has 2 aromatic rings. The van der Waals surface area contributed by atoms with Crippen LogP contribution in [0.25, 0.3) is 0 Å². The lowest BCUT2D eigenvalue weighted by Crippen LogP contribution is -2.30. The van der Waals surface area contributed by atoms with Crippen molar-refractivity contribution < 1.29 is 14.3 Å². The van der Waals surface area contributed by atoms with Gasteiger partial charge in [0.05, 0.1) is 0 Å². The van der Waals surface area contributed by atoms with E-state index in [1.54, 1.807) is 23.3 Å². The Morgan fingerprint density at radius 1 is 1.42 bits per heavy atom. The summed E-state index contributed by atoms with van der Waals surface area (Å²) in [6, 6.07) is 3.93. The van der Waals surface area contributed by atoms with Crippen LogP contribution < -0.4 is 0 Å².